The lowest BCUT2D eigenvalue weighted by Crippen LogP contribution is -2.58. The molecule has 2 heterocycles. The molecule has 4 heteroatoms. The zero-order chi connectivity index (χ0) is 21.1. The van der Waals surface area contributed by atoms with Gasteiger partial charge >= 0.3 is 0 Å². The Balaban J connectivity index is 1.58. The van der Waals surface area contributed by atoms with Crippen molar-refractivity contribution in [3.8, 4) is 5.75 Å². The molecule has 2 aliphatic rings. The molecule has 3 nitrogen and oxygen atoms in total. The summed E-state index contributed by atoms with van der Waals surface area (Å²) in [5, 5.41) is 0. The van der Waals surface area contributed by atoms with Gasteiger partial charge in [0.15, 0.2) is 5.78 Å². The molecule has 0 bridgehead atoms. The molecule has 0 aromatic heterocycles. The third-order valence-electron chi connectivity index (χ3n) is 6.47. The number of benzene rings is 3. The van der Waals surface area contributed by atoms with Gasteiger partial charge in [-0.05, 0) is 80.1 Å². The average molecular weight is 399 g/mol. The van der Waals surface area contributed by atoms with Gasteiger partial charge in [0.05, 0.1) is 5.41 Å². The van der Waals surface area contributed by atoms with Crippen molar-refractivity contribution in [2.75, 3.05) is 11.9 Å². The SMILES string of the molecule is CN1c2ccc(C(=O)c3ccc(F)cc3)cc2C(C)(C)C12C=Cc1ccccc1O2. The Labute approximate surface area is 175 Å². The van der Waals surface area contributed by atoms with Crippen LogP contribution in [0.1, 0.15) is 40.9 Å². The maximum Gasteiger partial charge on any atom is 0.211 e. The number of ketones is 1. The largest absolute Gasteiger partial charge is 0.463 e. The minimum Gasteiger partial charge on any atom is -0.463 e. The predicted octanol–water partition coefficient (Wildman–Crippen LogP) is 5.59. The maximum atomic E-state index is 13.2. The van der Waals surface area contributed by atoms with Crippen LogP contribution >= 0.6 is 0 Å². The lowest BCUT2D eigenvalue weighted by molar-refractivity contribution is 0.0581. The van der Waals surface area contributed by atoms with Gasteiger partial charge in [-0.25, -0.2) is 4.39 Å². The number of hydrogen-bond acceptors (Lipinski definition) is 3. The number of anilines is 1. The molecule has 2 aliphatic heterocycles. The molecule has 1 atom stereocenters. The summed E-state index contributed by atoms with van der Waals surface area (Å²) < 4.78 is 19.8. The maximum absolute atomic E-state index is 13.2. The second-order valence-electron chi connectivity index (χ2n) is 8.42. The van der Waals surface area contributed by atoms with E-state index in [1.165, 1.54) is 24.3 Å². The first kappa shape index (κ1) is 18.6. The van der Waals surface area contributed by atoms with Gasteiger partial charge in [-0.2, -0.15) is 0 Å². The highest BCUT2D eigenvalue weighted by Gasteiger charge is 2.57. The average Bonchev–Trinajstić information content (AvgIpc) is 2.92. The van der Waals surface area contributed by atoms with Crippen LogP contribution in [-0.4, -0.2) is 18.6 Å². The number of carbonyl (C=O) groups is 1. The van der Waals surface area contributed by atoms with Crippen LogP contribution in [0.25, 0.3) is 6.08 Å². The normalized spacial score (nSPS) is 20.6. The number of likely N-dealkylation sites (N-methyl/N-ethyl adjacent to an activating group) is 1. The predicted molar refractivity (Wildman–Crippen MR) is 117 cm³/mol. The van der Waals surface area contributed by atoms with Gasteiger partial charge < -0.3 is 9.64 Å². The monoisotopic (exact) mass is 399 g/mol. The van der Waals surface area contributed by atoms with E-state index in [0.29, 0.717) is 11.1 Å². The summed E-state index contributed by atoms with van der Waals surface area (Å²) >= 11 is 0. The molecule has 150 valence electrons. The fourth-order valence-corrected chi connectivity index (χ4v) is 4.66. The van der Waals surface area contributed by atoms with Gasteiger partial charge in [-0.1, -0.05) is 18.2 Å². The Morgan fingerprint density at radius 3 is 2.43 bits per heavy atom. The topological polar surface area (TPSA) is 29.5 Å². The van der Waals surface area contributed by atoms with Gasteiger partial charge in [0.2, 0.25) is 5.72 Å². The Hall–Kier alpha value is -3.40. The molecule has 30 heavy (non-hydrogen) atoms. The fraction of sp³-hybridized carbons (Fsp3) is 0.192. The Kier molecular flexibility index (Phi) is 3.91. The number of ether oxygens (including phenoxy) is 1. The van der Waals surface area contributed by atoms with E-state index in [2.05, 4.69) is 30.9 Å². The lowest BCUT2D eigenvalue weighted by atomic mass is 9.76. The van der Waals surface area contributed by atoms with Gasteiger partial charge in [-0.15, -0.1) is 0 Å². The van der Waals surface area contributed by atoms with E-state index in [1.807, 2.05) is 49.5 Å². The Morgan fingerprint density at radius 2 is 1.67 bits per heavy atom. The summed E-state index contributed by atoms with van der Waals surface area (Å²) in [6.45, 7) is 4.28. The van der Waals surface area contributed by atoms with Crippen molar-refractivity contribution < 1.29 is 13.9 Å². The summed E-state index contributed by atoms with van der Waals surface area (Å²) in [5.74, 6) is 0.365. The van der Waals surface area contributed by atoms with Crippen LogP contribution in [0.15, 0.2) is 72.8 Å². The van der Waals surface area contributed by atoms with Crippen molar-refractivity contribution in [1.82, 2.24) is 0 Å². The number of fused-ring (bicyclic) bond motifs is 2. The minimum atomic E-state index is -0.693. The summed E-state index contributed by atoms with van der Waals surface area (Å²) in [4.78, 5) is 15.1. The van der Waals surface area contributed by atoms with Crippen LogP contribution in [0.2, 0.25) is 0 Å². The first-order valence-electron chi connectivity index (χ1n) is 9.99. The molecule has 1 unspecified atom stereocenters. The van der Waals surface area contributed by atoms with E-state index in [4.69, 9.17) is 4.74 Å². The molecule has 0 radical (unpaired) electrons. The first-order chi connectivity index (χ1) is 14.3. The fourth-order valence-electron chi connectivity index (χ4n) is 4.66. The highest BCUT2D eigenvalue weighted by atomic mass is 19.1. The molecule has 0 N–H and O–H groups in total. The van der Waals surface area contributed by atoms with Crippen LogP contribution in [0, 0.1) is 5.82 Å². The molecular weight excluding hydrogens is 377 g/mol. The van der Waals surface area contributed by atoms with Gasteiger partial charge in [0, 0.05) is 29.4 Å². The molecule has 0 saturated heterocycles. The number of para-hydroxylation sites is 1. The van der Waals surface area contributed by atoms with E-state index < -0.39 is 11.1 Å². The third-order valence-corrected chi connectivity index (χ3v) is 6.47. The molecule has 0 saturated carbocycles. The van der Waals surface area contributed by atoms with Crippen molar-refractivity contribution in [1.29, 1.82) is 0 Å². The van der Waals surface area contributed by atoms with E-state index >= 15 is 0 Å². The Morgan fingerprint density at radius 1 is 0.967 bits per heavy atom. The van der Waals surface area contributed by atoms with E-state index in [9.17, 15) is 9.18 Å². The molecule has 5 rings (SSSR count). The van der Waals surface area contributed by atoms with Crippen molar-refractivity contribution in [3.63, 3.8) is 0 Å². The Bertz CT molecular complexity index is 1200. The number of nitrogens with zero attached hydrogens (tertiary/aromatic N) is 1. The second kappa shape index (κ2) is 6.30. The van der Waals surface area contributed by atoms with Crippen LogP contribution < -0.4 is 9.64 Å². The van der Waals surface area contributed by atoms with Crippen LogP contribution in [0.4, 0.5) is 10.1 Å². The van der Waals surface area contributed by atoms with Gasteiger partial charge in [0.1, 0.15) is 11.6 Å². The van der Waals surface area contributed by atoms with E-state index in [1.54, 1.807) is 0 Å². The molecule has 0 amide bonds. The third kappa shape index (κ3) is 2.46. The molecule has 0 fully saturated rings. The molecular formula is C26H22FNO2. The smallest absolute Gasteiger partial charge is 0.211 e. The quantitative estimate of drug-likeness (QED) is 0.527. The standard InChI is InChI=1S/C26H22FNO2/c1-25(2)21-16-19(24(29)18-8-11-20(27)12-9-18)10-13-22(21)28(3)26(25)15-14-17-6-4-5-7-23(17)30-26/h4-16H,1-3H3. The highest BCUT2D eigenvalue weighted by Crippen LogP contribution is 2.54. The lowest BCUT2D eigenvalue weighted by Gasteiger charge is -2.45. The van der Waals surface area contributed by atoms with E-state index in [0.717, 1.165) is 22.6 Å². The number of halogens is 1. The molecule has 1 spiro atoms. The van der Waals surface area contributed by atoms with Crippen molar-refractivity contribution >= 4 is 17.5 Å². The summed E-state index contributed by atoms with van der Waals surface area (Å²) in [6.07, 6.45) is 4.21. The minimum absolute atomic E-state index is 0.123. The van der Waals surface area contributed by atoms with Crippen molar-refractivity contribution in [2.24, 2.45) is 0 Å². The number of hydrogen-bond donors (Lipinski definition) is 0. The van der Waals surface area contributed by atoms with Crippen LogP contribution in [0.5, 0.6) is 5.75 Å². The van der Waals surface area contributed by atoms with E-state index in [-0.39, 0.29) is 11.6 Å². The summed E-state index contributed by atoms with van der Waals surface area (Å²) in [7, 11) is 2.02. The van der Waals surface area contributed by atoms with Crippen molar-refractivity contribution in [2.45, 2.75) is 25.0 Å². The molecule has 3 aromatic carbocycles. The van der Waals surface area contributed by atoms with Crippen LogP contribution in [0.3, 0.4) is 0 Å². The zero-order valence-electron chi connectivity index (χ0n) is 17.1. The number of carbonyl (C=O) groups excluding carboxylic acids is 1. The first-order valence-corrected chi connectivity index (χ1v) is 9.99. The van der Waals surface area contributed by atoms with Crippen LogP contribution in [-0.2, 0) is 5.41 Å². The zero-order valence-corrected chi connectivity index (χ0v) is 17.1. The summed E-state index contributed by atoms with van der Waals surface area (Å²) in [5.41, 5.74) is 3.07. The second-order valence-corrected chi connectivity index (χ2v) is 8.42. The van der Waals surface area contributed by atoms with Gasteiger partial charge in [0.25, 0.3) is 0 Å². The van der Waals surface area contributed by atoms with Crippen molar-refractivity contribution in [3.05, 3.63) is 101 Å². The highest BCUT2D eigenvalue weighted by molar-refractivity contribution is 6.09. The number of rotatable bonds is 2. The molecule has 0 aliphatic carbocycles. The molecule has 3 aromatic rings. The summed E-state index contributed by atoms with van der Waals surface area (Å²) in [6, 6.07) is 19.4. The van der Waals surface area contributed by atoms with Gasteiger partial charge in [-0.3, -0.25) is 4.79 Å².